The van der Waals surface area contributed by atoms with Crippen LogP contribution in [0.5, 0.6) is 0 Å². The molecule has 0 unspecified atom stereocenters. The molecule has 2 aromatic rings. The highest BCUT2D eigenvalue weighted by molar-refractivity contribution is 5.93. The van der Waals surface area contributed by atoms with Crippen molar-refractivity contribution in [2.45, 2.75) is 38.6 Å². The third kappa shape index (κ3) is 3.06. The van der Waals surface area contributed by atoms with Crippen LogP contribution < -0.4 is 5.56 Å². The van der Waals surface area contributed by atoms with Crippen molar-refractivity contribution in [3.63, 3.8) is 0 Å². The monoisotopic (exact) mass is 329 g/mol. The first-order valence-corrected chi connectivity index (χ1v) is 8.37. The Morgan fingerprint density at radius 3 is 2.71 bits per heavy atom. The van der Waals surface area contributed by atoms with E-state index in [1.54, 1.807) is 24.2 Å². The van der Waals surface area contributed by atoms with E-state index in [9.17, 15) is 14.7 Å². The molecule has 1 amide bonds. The highest BCUT2D eigenvalue weighted by Crippen LogP contribution is 2.27. The van der Waals surface area contributed by atoms with Crippen LogP contribution in [-0.4, -0.2) is 45.0 Å². The molecule has 0 aromatic carbocycles. The van der Waals surface area contributed by atoms with Crippen molar-refractivity contribution in [1.82, 2.24) is 14.3 Å². The fourth-order valence-electron chi connectivity index (χ4n) is 3.40. The van der Waals surface area contributed by atoms with E-state index in [1.807, 2.05) is 13.0 Å². The summed E-state index contributed by atoms with van der Waals surface area (Å²) in [6.45, 7) is 2.10. The smallest absolute Gasteiger partial charge is 0.270 e. The Hall–Kier alpha value is -2.21. The zero-order valence-corrected chi connectivity index (χ0v) is 14.1. The molecule has 0 spiro atoms. The van der Waals surface area contributed by atoms with Crippen LogP contribution in [0.3, 0.4) is 0 Å². The molecule has 3 rings (SSSR count). The molecule has 2 aromatic heterocycles. The Labute approximate surface area is 140 Å². The Balaban J connectivity index is 1.86. The van der Waals surface area contributed by atoms with Gasteiger partial charge in [0.05, 0.1) is 0 Å². The fourth-order valence-corrected chi connectivity index (χ4v) is 3.40. The van der Waals surface area contributed by atoms with Crippen molar-refractivity contribution in [2.75, 3.05) is 13.7 Å². The molecule has 2 heterocycles. The first-order chi connectivity index (χ1) is 11.5. The van der Waals surface area contributed by atoms with E-state index in [0.717, 1.165) is 31.2 Å². The number of pyridine rings is 1. The summed E-state index contributed by atoms with van der Waals surface area (Å²) in [5.74, 6) is 0.0524. The Morgan fingerprint density at radius 2 is 2.04 bits per heavy atom. The molecule has 6 nitrogen and oxygen atoms in total. The average Bonchev–Trinajstić information content (AvgIpc) is 2.61. The fraction of sp³-hybridized carbons (Fsp3) is 0.500. The average molecular weight is 329 g/mol. The van der Waals surface area contributed by atoms with Crippen molar-refractivity contribution in [3.05, 3.63) is 46.0 Å². The van der Waals surface area contributed by atoms with Gasteiger partial charge in [0, 0.05) is 32.1 Å². The number of fused-ring (bicyclic) bond motifs is 1. The molecular weight excluding hydrogens is 306 g/mol. The third-order valence-corrected chi connectivity index (χ3v) is 5.02. The number of rotatable bonds is 3. The summed E-state index contributed by atoms with van der Waals surface area (Å²) in [5, 5.41) is 9.23. The topological polar surface area (TPSA) is 74.9 Å². The van der Waals surface area contributed by atoms with E-state index < -0.39 is 0 Å². The van der Waals surface area contributed by atoms with Gasteiger partial charge in [-0.15, -0.1) is 0 Å². The molecule has 1 fully saturated rings. The number of aliphatic hydroxyl groups is 1. The second-order valence-electron chi connectivity index (χ2n) is 6.68. The van der Waals surface area contributed by atoms with Gasteiger partial charge in [0.25, 0.3) is 11.5 Å². The summed E-state index contributed by atoms with van der Waals surface area (Å²) in [7, 11) is 1.75. The van der Waals surface area contributed by atoms with Gasteiger partial charge >= 0.3 is 0 Å². The Kier molecular flexibility index (Phi) is 4.66. The van der Waals surface area contributed by atoms with Crippen LogP contribution in [0.15, 0.2) is 29.3 Å². The quantitative estimate of drug-likeness (QED) is 0.929. The summed E-state index contributed by atoms with van der Waals surface area (Å²) in [6, 6.07) is 3.76. The highest BCUT2D eigenvalue weighted by atomic mass is 16.3. The van der Waals surface area contributed by atoms with Gasteiger partial charge in [-0.3, -0.25) is 14.0 Å². The lowest BCUT2D eigenvalue weighted by Crippen LogP contribution is -2.42. The second kappa shape index (κ2) is 6.73. The lowest BCUT2D eigenvalue weighted by atomic mass is 9.86. The van der Waals surface area contributed by atoms with Gasteiger partial charge in [-0.1, -0.05) is 6.07 Å². The van der Waals surface area contributed by atoms with Gasteiger partial charge in [0.1, 0.15) is 11.2 Å². The minimum Gasteiger partial charge on any atom is -0.396 e. The number of hydrogen-bond donors (Lipinski definition) is 1. The molecule has 1 saturated carbocycles. The zero-order valence-electron chi connectivity index (χ0n) is 14.1. The number of nitrogens with zero attached hydrogens (tertiary/aromatic N) is 3. The number of amides is 1. The number of carbonyl (C=O) groups is 1. The number of aliphatic hydroxyl groups excluding tert-OH is 1. The maximum absolute atomic E-state index is 12.8. The first-order valence-electron chi connectivity index (χ1n) is 8.37. The summed E-state index contributed by atoms with van der Waals surface area (Å²) in [6.07, 6.45) is 6.61. The van der Waals surface area contributed by atoms with Crippen LogP contribution in [0, 0.1) is 12.8 Å². The molecule has 128 valence electrons. The van der Waals surface area contributed by atoms with Crippen LogP contribution in [0.1, 0.15) is 41.6 Å². The van der Waals surface area contributed by atoms with Crippen LogP contribution in [0.4, 0.5) is 0 Å². The van der Waals surface area contributed by atoms with E-state index in [-0.39, 0.29) is 29.7 Å². The molecule has 24 heavy (non-hydrogen) atoms. The molecule has 0 saturated heterocycles. The normalized spacial score (nSPS) is 21.0. The molecule has 1 aliphatic rings. The van der Waals surface area contributed by atoms with Crippen LogP contribution in [0.25, 0.3) is 5.65 Å². The second-order valence-corrected chi connectivity index (χ2v) is 6.68. The van der Waals surface area contributed by atoms with Crippen molar-refractivity contribution >= 4 is 11.6 Å². The number of hydrogen-bond acceptors (Lipinski definition) is 4. The first kappa shape index (κ1) is 16.6. The van der Waals surface area contributed by atoms with E-state index in [0.29, 0.717) is 11.6 Å². The van der Waals surface area contributed by atoms with E-state index in [1.165, 1.54) is 10.6 Å². The van der Waals surface area contributed by atoms with Gasteiger partial charge < -0.3 is 10.0 Å². The Bertz CT molecular complexity index is 807. The van der Waals surface area contributed by atoms with Gasteiger partial charge in [0.15, 0.2) is 0 Å². The highest BCUT2D eigenvalue weighted by Gasteiger charge is 2.28. The van der Waals surface area contributed by atoms with Crippen molar-refractivity contribution < 1.29 is 9.90 Å². The number of carbonyl (C=O) groups excluding carboxylic acids is 1. The molecule has 0 bridgehead atoms. The van der Waals surface area contributed by atoms with E-state index >= 15 is 0 Å². The minimum atomic E-state index is -0.329. The van der Waals surface area contributed by atoms with Gasteiger partial charge in [-0.25, -0.2) is 4.98 Å². The maximum atomic E-state index is 12.8. The van der Waals surface area contributed by atoms with Gasteiger partial charge in [-0.05, 0) is 50.2 Å². The third-order valence-electron chi connectivity index (χ3n) is 5.02. The van der Waals surface area contributed by atoms with Crippen LogP contribution >= 0.6 is 0 Å². The molecule has 0 aliphatic heterocycles. The van der Waals surface area contributed by atoms with Crippen LogP contribution in [-0.2, 0) is 0 Å². The summed E-state index contributed by atoms with van der Waals surface area (Å²) in [5.41, 5.74) is 1.24. The molecule has 0 radical (unpaired) electrons. The molecular formula is C18H23N3O3. The predicted molar refractivity (Wildman–Crippen MR) is 91.1 cm³/mol. The number of aryl methyl sites for hydroxylation is 1. The minimum absolute atomic E-state index is 0.102. The predicted octanol–water partition coefficient (Wildman–Crippen LogP) is 1.63. The van der Waals surface area contributed by atoms with Crippen molar-refractivity contribution in [2.24, 2.45) is 5.92 Å². The summed E-state index contributed by atoms with van der Waals surface area (Å²) >= 11 is 0. The SMILES string of the molecule is Cc1ccc2ncc(C(=O)N(C)C3CCC(CO)CC3)c(=O)n2c1. The zero-order chi connectivity index (χ0) is 17.3. The standard InChI is InChI=1S/C18H23N3O3/c1-12-3-8-16-19-9-15(18(24)21(16)10-12)17(23)20(2)14-6-4-13(11-22)5-7-14/h3,8-10,13-14,22H,4-7,11H2,1-2H3. The van der Waals surface area contributed by atoms with Crippen molar-refractivity contribution in [3.8, 4) is 0 Å². The molecule has 1 aliphatic carbocycles. The number of aromatic nitrogens is 2. The lowest BCUT2D eigenvalue weighted by Gasteiger charge is -2.34. The van der Waals surface area contributed by atoms with Crippen molar-refractivity contribution in [1.29, 1.82) is 0 Å². The van der Waals surface area contributed by atoms with Gasteiger partial charge in [0.2, 0.25) is 0 Å². The van der Waals surface area contributed by atoms with E-state index in [4.69, 9.17) is 0 Å². The molecule has 6 heteroatoms. The molecule has 1 N–H and O–H groups in total. The Morgan fingerprint density at radius 1 is 1.33 bits per heavy atom. The maximum Gasteiger partial charge on any atom is 0.270 e. The van der Waals surface area contributed by atoms with E-state index in [2.05, 4.69) is 4.98 Å². The summed E-state index contributed by atoms with van der Waals surface area (Å²) in [4.78, 5) is 31.3. The van der Waals surface area contributed by atoms with Crippen LogP contribution in [0.2, 0.25) is 0 Å². The lowest BCUT2D eigenvalue weighted by molar-refractivity contribution is 0.0650. The summed E-state index contributed by atoms with van der Waals surface area (Å²) < 4.78 is 1.43. The largest absolute Gasteiger partial charge is 0.396 e. The molecule has 0 atom stereocenters. The van der Waals surface area contributed by atoms with Gasteiger partial charge in [-0.2, -0.15) is 0 Å².